The first-order chi connectivity index (χ1) is 5.69. The molecule has 2 N–H and O–H groups in total. The Kier molecular flexibility index (Phi) is 2.78. The van der Waals surface area contributed by atoms with Crippen molar-refractivity contribution in [1.82, 2.24) is 0 Å². The van der Waals surface area contributed by atoms with Crippen LogP contribution in [0.3, 0.4) is 0 Å². The minimum Gasteiger partial charge on any atom is -0.507 e. The van der Waals surface area contributed by atoms with Gasteiger partial charge in [0.15, 0.2) is 0 Å². The Morgan fingerprint density at radius 3 is 2.67 bits per heavy atom. The van der Waals surface area contributed by atoms with E-state index in [-0.39, 0.29) is 12.4 Å². The van der Waals surface area contributed by atoms with E-state index in [1.54, 1.807) is 0 Å². The van der Waals surface area contributed by atoms with Crippen molar-refractivity contribution in [2.75, 3.05) is 7.11 Å². The van der Waals surface area contributed by atoms with Gasteiger partial charge in [-0.1, -0.05) is 11.6 Å². The van der Waals surface area contributed by atoms with Crippen LogP contribution in [0.25, 0.3) is 0 Å². The topological polar surface area (TPSA) is 49.7 Å². The summed E-state index contributed by atoms with van der Waals surface area (Å²) in [4.78, 5) is 0. The molecule has 0 aliphatic heterocycles. The molecule has 12 heavy (non-hydrogen) atoms. The van der Waals surface area contributed by atoms with Crippen LogP contribution in [-0.4, -0.2) is 17.3 Å². The Labute approximate surface area is 75.2 Å². The lowest BCUT2D eigenvalue weighted by molar-refractivity contribution is 0.275. The van der Waals surface area contributed by atoms with Gasteiger partial charge in [0.1, 0.15) is 11.5 Å². The van der Waals surface area contributed by atoms with E-state index in [2.05, 4.69) is 0 Å². The molecule has 1 rings (SSSR count). The van der Waals surface area contributed by atoms with Gasteiger partial charge < -0.3 is 14.9 Å². The summed E-state index contributed by atoms with van der Waals surface area (Å²) in [5, 5.41) is 18.4. The van der Waals surface area contributed by atoms with E-state index in [9.17, 15) is 5.11 Å². The first kappa shape index (κ1) is 9.16. The van der Waals surface area contributed by atoms with Crippen LogP contribution in [0.15, 0.2) is 12.1 Å². The summed E-state index contributed by atoms with van der Waals surface area (Å²) in [6.45, 7) is -0.241. The minimum atomic E-state index is -0.241. The average Bonchev–Trinajstić information content (AvgIpc) is 2.08. The zero-order valence-corrected chi connectivity index (χ0v) is 7.30. The normalized spacial score (nSPS) is 9.92. The Morgan fingerprint density at radius 2 is 2.17 bits per heavy atom. The third-order valence-electron chi connectivity index (χ3n) is 1.52. The van der Waals surface area contributed by atoms with E-state index in [0.29, 0.717) is 16.3 Å². The van der Waals surface area contributed by atoms with E-state index >= 15 is 0 Å². The monoisotopic (exact) mass is 188 g/mol. The predicted octanol–water partition coefficient (Wildman–Crippen LogP) is 1.55. The van der Waals surface area contributed by atoms with Gasteiger partial charge in [-0.25, -0.2) is 0 Å². The molecule has 0 bridgehead atoms. The number of aliphatic hydroxyl groups is 1. The maximum atomic E-state index is 9.25. The number of rotatable bonds is 2. The van der Waals surface area contributed by atoms with Crippen molar-refractivity contribution in [3.8, 4) is 11.5 Å². The number of benzene rings is 1. The van der Waals surface area contributed by atoms with Crippen molar-refractivity contribution < 1.29 is 14.9 Å². The van der Waals surface area contributed by atoms with Crippen molar-refractivity contribution in [2.24, 2.45) is 0 Å². The number of aromatic hydroxyl groups is 1. The summed E-state index contributed by atoms with van der Waals surface area (Å²) in [5.41, 5.74) is 0.390. The summed E-state index contributed by atoms with van der Waals surface area (Å²) in [5.74, 6) is 0.380. The number of ether oxygens (including phenoxy) is 1. The number of halogens is 1. The number of hydrogen-bond donors (Lipinski definition) is 2. The van der Waals surface area contributed by atoms with Gasteiger partial charge in [0.25, 0.3) is 0 Å². The summed E-state index contributed by atoms with van der Waals surface area (Å²) in [6, 6.07) is 2.84. The highest BCUT2D eigenvalue weighted by molar-refractivity contribution is 6.32. The van der Waals surface area contributed by atoms with E-state index in [0.717, 1.165) is 0 Å². The van der Waals surface area contributed by atoms with Crippen LogP contribution in [-0.2, 0) is 6.61 Å². The Hall–Kier alpha value is -0.930. The fourth-order valence-electron chi connectivity index (χ4n) is 0.867. The average molecular weight is 189 g/mol. The van der Waals surface area contributed by atoms with Gasteiger partial charge in [-0.05, 0) is 6.07 Å². The van der Waals surface area contributed by atoms with Crippen LogP contribution in [0.1, 0.15) is 5.56 Å². The van der Waals surface area contributed by atoms with Crippen molar-refractivity contribution in [3.05, 3.63) is 22.7 Å². The van der Waals surface area contributed by atoms with Gasteiger partial charge in [0, 0.05) is 11.6 Å². The smallest absolute Gasteiger partial charge is 0.141 e. The molecule has 0 aliphatic rings. The molecule has 66 valence electrons. The zero-order chi connectivity index (χ0) is 9.14. The summed E-state index contributed by atoms with van der Waals surface area (Å²) < 4.78 is 4.85. The Morgan fingerprint density at radius 1 is 1.50 bits per heavy atom. The van der Waals surface area contributed by atoms with Gasteiger partial charge >= 0.3 is 0 Å². The molecular formula is C8H9ClO3. The molecule has 0 aliphatic carbocycles. The first-order valence-corrected chi connectivity index (χ1v) is 3.73. The fourth-order valence-corrected chi connectivity index (χ4v) is 1.13. The van der Waals surface area contributed by atoms with Gasteiger partial charge in [-0.15, -0.1) is 0 Å². The van der Waals surface area contributed by atoms with Gasteiger partial charge in [0.05, 0.1) is 18.7 Å². The summed E-state index contributed by atoms with van der Waals surface area (Å²) in [7, 11) is 1.46. The molecular weight excluding hydrogens is 180 g/mol. The third-order valence-corrected chi connectivity index (χ3v) is 1.82. The SMILES string of the molecule is COc1cc(O)c(CO)cc1Cl. The number of hydrogen-bond acceptors (Lipinski definition) is 3. The van der Waals surface area contributed by atoms with E-state index in [4.69, 9.17) is 21.4 Å². The molecule has 0 radical (unpaired) electrons. The molecule has 1 aromatic carbocycles. The second kappa shape index (κ2) is 3.65. The van der Waals surface area contributed by atoms with Gasteiger partial charge in [-0.2, -0.15) is 0 Å². The second-order valence-electron chi connectivity index (χ2n) is 2.27. The van der Waals surface area contributed by atoms with Crippen LogP contribution >= 0.6 is 11.6 Å². The molecule has 0 saturated carbocycles. The lowest BCUT2D eigenvalue weighted by Gasteiger charge is -2.06. The fraction of sp³-hybridized carbons (Fsp3) is 0.250. The largest absolute Gasteiger partial charge is 0.507 e. The molecule has 0 unspecified atom stereocenters. The van der Waals surface area contributed by atoms with Crippen LogP contribution in [0.5, 0.6) is 11.5 Å². The van der Waals surface area contributed by atoms with Crippen LogP contribution in [0.2, 0.25) is 5.02 Å². The highest BCUT2D eigenvalue weighted by atomic mass is 35.5. The van der Waals surface area contributed by atoms with Crippen molar-refractivity contribution in [3.63, 3.8) is 0 Å². The maximum absolute atomic E-state index is 9.25. The van der Waals surface area contributed by atoms with Crippen molar-refractivity contribution in [2.45, 2.75) is 6.61 Å². The Bertz CT molecular complexity index is 256. The van der Waals surface area contributed by atoms with Crippen molar-refractivity contribution >= 4 is 11.6 Å². The van der Waals surface area contributed by atoms with E-state index < -0.39 is 0 Å². The van der Waals surface area contributed by atoms with Gasteiger partial charge in [0.2, 0.25) is 0 Å². The standard InChI is InChI=1S/C8H9ClO3/c1-12-8-3-7(11)5(4-10)2-6(8)9/h2-3,10-11H,4H2,1H3. The quantitative estimate of drug-likeness (QED) is 0.741. The molecule has 3 nitrogen and oxygen atoms in total. The van der Waals surface area contributed by atoms with E-state index in [1.165, 1.54) is 19.2 Å². The van der Waals surface area contributed by atoms with Crippen molar-refractivity contribution in [1.29, 1.82) is 0 Å². The van der Waals surface area contributed by atoms with Crippen LogP contribution in [0.4, 0.5) is 0 Å². The molecule has 0 saturated heterocycles. The molecule has 0 heterocycles. The molecule has 4 heteroatoms. The van der Waals surface area contributed by atoms with Crippen LogP contribution in [0, 0.1) is 0 Å². The number of methoxy groups -OCH3 is 1. The highest BCUT2D eigenvalue weighted by Crippen LogP contribution is 2.31. The molecule has 0 atom stereocenters. The maximum Gasteiger partial charge on any atom is 0.141 e. The summed E-state index contributed by atoms with van der Waals surface area (Å²) >= 11 is 5.73. The molecule has 0 fully saturated rings. The van der Waals surface area contributed by atoms with E-state index in [1.807, 2.05) is 0 Å². The molecule has 1 aromatic rings. The Balaban J connectivity index is 3.16. The van der Waals surface area contributed by atoms with Crippen LogP contribution < -0.4 is 4.74 Å². The predicted molar refractivity (Wildman–Crippen MR) is 45.6 cm³/mol. The molecule has 0 amide bonds. The summed E-state index contributed by atoms with van der Waals surface area (Å²) in [6.07, 6.45) is 0. The number of phenols is 1. The zero-order valence-electron chi connectivity index (χ0n) is 6.54. The lowest BCUT2D eigenvalue weighted by atomic mass is 10.2. The highest BCUT2D eigenvalue weighted by Gasteiger charge is 2.06. The third kappa shape index (κ3) is 1.62. The molecule has 0 aromatic heterocycles. The van der Waals surface area contributed by atoms with Gasteiger partial charge in [-0.3, -0.25) is 0 Å². The number of aliphatic hydroxyl groups excluding tert-OH is 1. The molecule has 0 spiro atoms. The second-order valence-corrected chi connectivity index (χ2v) is 2.68. The minimum absolute atomic E-state index is 0.0150. The lowest BCUT2D eigenvalue weighted by Crippen LogP contribution is -1.88. The first-order valence-electron chi connectivity index (χ1n) is 3.35.